The van der Waals surface area contributed by atoms with E-state index in [1.54, 1.807) is 0 Å². The first-order chi connectivity index (χ1) is 9.45. The number of amides is 1. The third-order valence-electron chi connectivity index (χ3n) is 2.83. The summed E-state index contributed by atoms with van der Waals surface area (Å²) in [6, 6.07) is 0. The highest BCUT2D eigenvalue weighted by Gasteiger charge is 2.12. The Balaban J connectivity index is 1.98. The summed E-state index contributed by atoms with van der Waals surface area (Å²) in [7, 11) is 0. The molecule has 0 aliphatic carbocycles. The number of aryl methyl sites for hydroxylation is 2. The fourth-order valence-electron chi connectivity index (χ4n) is 1.85. The molecule has 0 saturated carbocycles. The molecule has 3 N–H and O–H groups in total. The molecule has 2 aromatic heterocycles. The summed E-state index contributed by atoms with van der Waals surface area (Å²) in [5, 5.41) is 22.0. The fraction of sp³-hybridized carbons (Fsp3) is 0.333. The number of aromatic nitrogens is 4. The molecule has 20 heavy (non-hydrogen) atoms. The second-order valence-corrected chi connectivity index (χ2v) is 4.46. The van der Waals surface area contributed by atoms with Crippen LogP contribution in [-0.2, 0) is 22.6 Å². The van der Waals surface area contributed by atoms with Crippen molar-refractivity contribution in [3.05, 3.63) is 29.3 Å². The lowest BCUT2D eigenvalue weighted by Crippen LogP contribution is -2.15. The van der Waals surface area contributed by atoms with Crippen LogP contribution >= 0.6 is 0 Å². The molecule has 106 valence electrons. The normalized spacial score (nSPS) is 10.5. The molecule has 0 aliphatic heterocycles. The first kappa shape index (κ1) is 13.8. The number of aliphatic carboxylic acids is 1. The van der Waals surface area contributed by atoms with Crippen molar-refractivity contribution >= 4 is 17.6 Å². The van der Waals surface area contributed by atoms with Crippen LogP contribution in [0.15, 0.2) is 12.4 Å². The summed E-state index contributed by atoms with van der Waals surface area (Å²) >= 11 is 0. The molecular weight excluding hydrogens is 262 g/mol. The maximum Gasteiger partial charge on any atom is 0.325 e. The third-order valence-corrected chi connectivity index (χ3v) is 2.83. The predicted octanol–water partition coefficient (Wildman–Crippen LogP) is 0.489. The van der Waals surface area contributed by atoms with Crippen molar-refractivity contribution in [1.29, 1.82) is 0 Å². The highest BCUT2D eigenvalue weighted by molar-refractivity contribution is 5.92. The Bertz CT molecular complexity index is 624. The lowest BCUT2D eigenvalue weighted by molar-refractivity contribution is -0.137. The van der Waals surface area contributed by atoms with Gasteiger partial charge in [0.05, 0.1) is 24.0 Å². The van der Waals surface area contributed by atoms with Crippen LogP contribution in [0.1, 0.15) is 17.0 Å². The number of carbonyl (C=O) groups excluding carboxylic acids is 1. The van der Waals surface area contributed by atoms with E-state index < -0.39 is 5.97 Å². The predicted molar refractivity (Wildman–Crippen MR) is 70.3 cm³/mol. The summed E-state index contributed by atoms with van der Waals surface area (Å²) in [6.45, 7) is 3.44. The van der Waals surface area contributed by atoms with Crippen LogP contribution < -0.4 is 5.32 Å². The van der Waals surface area contributed by atoms with Crippen LogP contribution in [0.3, 0.4) is 0 Å². The topological polar surface area (TPSA) is 113 Å². The SMILES string of the molecule is Cc1n[nH]c(C)c1CC(=O)Nc1cnn(CC(=O)O)c1. The molecule has 0 aliphatic rings. The molecule has 2 rings (SSSR count). The molecule has 0 bridgehead atoms. The van der Waals surface area contributed by atoms with Gasteiger partial charge >= 0.3 is 5.97 Å². The minimum atomic E-state index is -0.990. The van der Waals surface area contributed by atoms with Crippen molar-refractivity contribution in [2.75, 3.05) is 5.32 Å². The van der Waals surface area contributed by atoms with Gasteiger partial charge in [-0.1, -0.05) is 0 Å². The Hall–Kier alpha value is -2.64. The average Bonchev–Trinajstić information content (AvgIpc) is 2.90. The maximum atomic E-state index is 11.9. The molecule has 0 atom stereocenters. The zero-order valence-electron chi connectivity index (χ0n) is 11.2. The molecule has 0 unspecified atom stereocenters. The zero-order valence-corrected chi connectivity index (χ0v) is 11.2. The molecule has 0 radical (unpaired) electrons. The van der Waals surface area contributed by atoms with Crippen LogP contribution in [0.2, 0.25) is 0 Å². The fourth-order valence-corrected chi connectivity index (χ4v) is 1.85. The van der Waals surface area contributed by atoms with Gasteiger partial charge in [0.2, 0.25) is 5.91 Å². The van der Waals surface area contributed by atoms with Crippen LogP contribution in [0, 0.1) is 13.8 Å². The number of nitrogens with one attached hydrogen (secondary N) is 2. The van der Waals surface area contributed by atoms with E-state index in [0.717, 1.165) is 17.0 Å². The quantitative estimate of drug-likeness (QED) is 0.736. The molecule has 0 fully saturated rings. The average molecular weight is 277 g/mol. The first-order valence-corrected chi connectivity index (χ1v) is 6.00. The van der Waals surface area contributed by atoms with Gasteiger partial charge in [0.1, 0.15) is 6.54 Å². The summed E-state index contributed by atoms with van der Waals surface area (Å²) < 4.78 is 1.24. The standard InChI is InChI=1S/C12H15N5O3/c1-7-10(8(2)16-15-7)3-11(18)14-9-4-13-17(5-9)6-12(19)20/h4-5H,3,6H2,1-2H3,(H,14,18)(H,15,16)(H,19,20). The molecule has 0 aromatic carbocycles. The molecule has 2 aromatic rings. The lowest BCUT2D eigenvalue weighted by atomic mass is 10.1. The molecular formula is C12H15N5O3. The maximum absolute atomic E-state index is 11.9. The summed E-state index contributed by atoms with van der Waals surface area (Å²) in [5.74, 6) is -1.19. The zero-order chi connectivity index (χ0) is 14.7. The Labute approximate surface area is 114 Å². The Morgan fingerprint density at radius 2 is 2.20 bits per heavy atom. The van der Waals surface area contributed by atoms with Crippen LogP contribution in [-0.4, -0.2) is 37.0 Å². The lowest BCUT2D eigenvalue weighted by Gasteiger charge is -2.02. The second-order valence-electron chi connectivity index (χ2n) is 4.46. The van der Waals surface area contributed by atoms with Gasteiger partial charge in [0, 0.05) is 17.5 Å². The third kappa shape index (κ3) is 3.22. The largest absolute Gasteiger partial charge is 0.480 e. The van der Waals surface area contributed by atoms with E-state index in [-0.39, 0.29) is 18.9 Å². The summed E-state index contributed by atoms with van der Waals surface area (Å²) in [6.07, 6.45) is 3.09. The van der Waals surface area contributed by atoms with E-state index in [2.05, 4.69) is 20.6 Å². The van der Waals surface area contributed by atoms with Gasteiger partial charge in [-0.3, -0.25) is 19.4 Å². The van der Waals surface area contributed by atoms with Gasteiger partial charge in [0.15, 0.2) is 0 Å². The van der Waals surface area contributed by atoms with E-state index in [1.165, 1.54) is 17.1 Å². The van der Waals surface area contributed by atoms with Gasteiger partial charge in [-0.05, 0) is 13.8 Å². The molecule has 8 heteroatoms. The van der Waals surface area contributed by atoms with Crippen LogP contribution in [0.4, 0.5) is 5.69 Å². The Kier molecular flexibility index (Phi) is 3.83. The van der Waals surface area contributed by atoms with Crippen LogP contribution in [0.25, 0.3) is 0 Å². The summed E-state index contributed by atoms with van der Waals surface area (Å²) in [5.41, 5.74) is 2.98. The second kappa shape index (κ2) is 5.55. The van der Waals surface area contributed by atoms with Crippen molar-refractivity contribution in [2.24, 2.45) is 0 Å². The van der Waals surface area contributed by atoms with Gasteiger partial charge in [0.25, 0.3) is 0 Å². The minimum Gasteiger partial charge on any atom is -0.480 e. The number of nitrogens with zero attached hydrogens (tertiary/aromatic N) is 3. The van der Waals surface area contributed by atoms with E-state index in [1.807, 2.05) is 13.8 Å². The number of H-pyrrole nitrogens is 1. The first-order valence-electron chi connectivity index (χ1n) is 6.00. The van der Waals surface area contributed by atoms with E-state index in [0.29, 0.717) is 5.69 Å². The van der Waals surface area contributed by atoms with Crippen molar-refractivity contribution in [3.8, 4) is 0 Å². The molecule has 0 saturated heterocycles. The Morgan fingerprint density at radius 1 is 1.45 bits per heavy atom. The minimum absolute atomic E-state index is 0.201. The number of aromatic amines is 1. The molecule has 0 spiro atoms. The van der Waals surface area contributed by atoms with Gasteiger partial charge in [-0.2, -0.15) is 10.2 Å². The monoisotopic (exact) mass is 277 g/mol. The van der Waals surface area contributed by atoms with Gasteiger partial charge < -0.3 is 10.4 Å². The number of carbonyl (C=O) groups is 2. The van der Waals surface area contributed by atoms with E-state index in [9.17, 15) is 9.59 Å². The van der Waals surface area contributed by atoms with Gasteiger partial charge in [-0.15, -0.1) is 0 Å². The summed E-state index contributed by atoms with van der Waals surface area (Å²) in [4.78, 5) is 22.4. The highest BCUT2D eigenvalue weighted by Crippen LogP contribution is 2.12. The van der Waals surface area contributed by atoms with Gasteiger partial charge in [-0.25, -0.2) is 0 Å². The molecule has 8 nitrogen and oxygen atoms in total. The number of carboxylic acid groups (broad SMARTS) is 1. The molecule has 1 amide bonds. The highest BCUT2D eigenvalue weighted by atomic mass is 16.4. The smallest absolute Gasteiger partial charge is 0.325 e. The number of carboxylic acids is 1. The van der Waals surface area contributed by atoms with Crippen molar-refractivity contribution in [2.45, 2.75) is 26.8 Å². The number of hydrogen-bond donors (Lipinski definition) is 3. The number of anilines is 1. The van der Waals surface area contributed by atoms with Crippen LogP contribution in [0.5, 0.6) is 0 Å². The van der Waals surface area contributed by atoms with E-state index >= 15 is 0 Å². The van der Waals surface area contributed by atoms with E-state index in [4.69, 9.17) is 5.11 Å². The molecule has 2 heterocycles. The van der Waals surface area contributed by atoms with Crippen molar-refractivity contribution in [1.82, 2.24) is 20.0 Å². The van der Waals surface area contributed by atoms with Crippen molar-refractivity contribution < 1.29 is 14.7 Å². The Morgan fingerprint density at radius 3 is 2.80 bits per heavy atom. The number of rotatable bonds is 5. The van der Waals surface area contributed by atoms with Crippen molar-refractivity contribution in [3.63, 3.8) is 0 Å². The number of hydrogen-bond acceptors (Lipinski definition) is 4.